The summed E-state index contributed by atoms with van der Waals surface area (Å²) in [6.07, 6.45) is 0.163. The summed E-state index contributed by atoms with van der Waals surface area (Å²) in [6.45, 7) is 7.94. The molecule has 1 aromatic heterocycles. The smallest absolute Gasteiger partial charge is 0.127 e. The van der Waals surface area contributed by atoms with Crippen molar-refractivity contribution in [3.63, 3.8) is 0 Å². The molecule has 4 heteroatoms. The van der Waals surface area contributed by atoms with Crippen LogP contribution in [0.25, 0.3) is 10.9 Å². The molecule has 0 spiro atoms. The molecule has 1 aromatic carbocycles. The second-order valence-electron chi connectivity index (χ2n) is 5.65. The zero-order chi connectivity index (χ0) is 15.2. The molecule has 0 aliphatic heterocycles. The van der Waals surface area contributed by atoms with E-state index in [-0.39, 0.29) is 6.10 Å². The summed E-state index contributed by atoms with van der Waals surface area (Å²) in [7, 11) is 1.72. The molecule has 0 aliphatic rings. The van der Waals surface area contributed by atoms with Crippen molar-refractivity contribution >= 4 is 16.7 Å². The van der Waals surface area contributed by atoms with Gasteiger partial charge in [0, 0.05) is 31.6 Å². The summed E-state index contributed by atoms with van der Waals surface area (Å²) in [5, 5.41) is 8.03. The van der Waals surface area contributed by atoms with Crippen LogP contribution >= 0.6 is 0 Å². The maximum Gasteiger partial charge on any atom is 0.127 e. The summed E-state index contributed by atoms with van der Waals surface area (Å²) in [5.74, 6) is 0.901. The van der Waals surface area contributed by atoms with Gasteiger partial charge in [-0.15, -0.1) is 0 Å². The number of fused-ring (bicyclic) bond motifs is 1. The fourth-order valence-corrected chi connectivity index (χ4v) is 2.13. The van der Waals surface area contributed by atoms with Crippen LogP contribution in [0.3, 0.4) is 0 Å². The highest BCUT2D eigenvalue weighted by atomic mass is 16.5. The third-order valence-corrected chi connectivity index (χ3v) is 3.48. The fraction of sp³-hybridized carbons (Fsp3) is 0.471. The average Bonchev–Trinajstić information content (AvgIpc) is 2.50. The van der Waals surface area contributed by atoms with E-state index in [1.165, 1.54) is 10.9 Å². The van der Waals surface area contributed by atoms with Crippen molar-refractivity contribution in [2.75, 3.05) is 19.0 Å². The summed E-state index contributed by atoms with van der Waals surface area (Å²) < 4.78 is 5.27. The summed E-state index contributed by atoms with van der Waals surface area (Å²) >= 11 is 0. The van der Waals surface area contributed by atoms with Crippen molar-refractivity contribution in [2.24, 2.45) is 0 Å². The molecule has 2 rings (SSSR count). The lowest BCUT2D eigenvalue weighted by Gasteiger charge is -2.15. The van der Waals surface area contributed by atoms with Gasteiger partial charge in [0.25, 0.3) is 0 Å². The van der Waals surface area contributed by atoms with Crippen LogP contribution in [0.2, 0.25) is 0 Å². The van der Waals surface area contributed by atoms with Crippen LogP contribution in [0, 0.1) is 0 Å². The third-order valence-electron chi connectivity index (χ3n) is 3.48. The van der Waals surface area contributed by atoms with Crippen molar-refractivity contribution in [1.29, 1.82) is 0 Å². The number of pyridine rings is 1. The van der Waals surface area contributed by atoms with Crippen LogP contribution < -0.4 is 10.6 Å². The highest BCUT2D eigenvalue weighted by Gasteiger charge is 2.07. The lowest BCUT2D eigenvalue weighted by Crippen LogP contribution is -2.22. The molecule has 21 heavy (non-hydrogen) atoms. The largest absolute Gasteiger partial charge is 0.380 e. The molecule has 4 nitrogen and oxygen atoms in total. The molecule has 2 aromatic rings. The van der Waals surface area contributed by atoms with Crippen molar-refractivity contribution in [2.45, 2.75) is 39.5 Å². The van der Waals surface area contributed by atoms with Gasteiger partial charge in [-0.2, -0.15) is 0 Å². The molecule has 0 aliphatic carbocycles. The Balaban J connectivity index is 2.26. The molecule has 0 amide bonds. The first kappa shape index (κ1) is 15.7. The van der Waals surface area contributed by atoms with Crippen LogP contribution in [-0.2, 0) is 11.3 Å². The zero-order valence-corrected chi connectivity index (χ0v) is 13.3. The van der Waals surface area contributed by atoms with E-state index < -0.39 is 0 Å². The van der Waals surface area contributed by atoms with E-state index in [4.69, 9.17) is 4.74 Å². The van der Waals surface area contributed by atoms with Gasteiger partial charge in [-0.05, 0) is 24.6 Å². The van der Waals surface area contributed by atoms with Crippen LogP contribution in [0.15, 0.2) is 30.3 Å². The zero-order valence-electron chi connectivity index (χ0n) is 13.3. The topological polar surface area (TPSA) is 46.2 Å². The highest BCUT2D eigenvalue weighted by Crippen LogP contribution is 2.21. The van der Waals surface area contributed by atoms with E-state index >= 15 is 0 Å². The monoisotopic (exact) mass is 287 g/mol. The number of nitrogens with zero attached hydrogens (tertiary/aromatic N) is 1. The molecule has 0 saturated carbocycles. The van der Waals surface area contributed by atoms with Gasteiger partial charge in [0.15, 0.2) is 0 Å². The normalized spacial score (nSPS) is 12.8. The highest BCUT2D eigenvalue weighted by molar-refractivity contribution is 5.84. The van der Waals surface area contributed by atoms with Gasteiger partial charge >= 0.3 is 0 Å². The molecule has 0 saturated heterocycles. The molecule has 1 heterocycles. The van der Waals surface area contributed by atoms with E-state index in [1.54, 1.807) is 7.11 Å². The van der Waals surface area contributed by atoms with Crippen LogP contribution in [0.5, 0.6) is 0 Å². The number of para-hydroxylation sites is 1. The minimum absolute atomic E-state index is 0.163. The number of nitrogens with one attached hydrogen (secondary N) is 2. The lowest BCUT2D eigenvalue weighted by atomic mass is 10.1. The second-order valence-corrected chi connectivity index (χ2v) is 5.65. The lowest BCUT2D eigenvalue weighted by molar-refractivity contribution is 0.128. The Kier molecular flexibility index (Phi) is 5.53. The summed E-state index contributed by atoms with van der Waals surface area (Å²) in [4.78, 5) is 4.67. The van der Waals surface area contributed by atoms with Crippen molar-refractivity contribution in [3.05, 3.63) is 35.9 Å². The fourth-order valence-electron chi connectivity index (χ4n) is 2.13. The van der Waals surface area contributed by atoms with E-state index in [2.05, 4.69) is 53.7 Å². The van der Waals surface area contributed by atoms with E-state index in [0.29, 0.717) is 6.04 Å². The number of methoxy groups -OCH3 is 1. The summed E-state index contributed by atoms with van der Waals surface area (Å²) in [6, 6.07) is 10.8. The number of rotatable bonds is 7. The second kappa shape index (κ2) is 7.38. The minimum Gasteiger partial charge on any atom is -0.380 e. The van der Waals surface area contributed by atoms with Gasteiger partial charge in [0.05, 0.1) is 11.6 Å². The van der Waals surface area contributed by atoms with Gasteiger partial charge in [-0.1, -0.05) is 32.0 Å². The standard InChI is InChI=1S/C17H25N3O/c1-12(2)18-11-14-9-17(19-10-13(3)21-4)20-16-8-6-5-7-15(14)16/h5-9,12-13,18H,10-11H2,1-4H3,(H,19,20). The number of hydrogen-bond donors (Lipinski definition) is 2. The Morgan fingerprint density at radius 2 is 1.95 bits per heavy atom. The molecule has 2 N–H and O–H groups in total. The maximum absolute atomic E-state index is 5.27. The van der Waals surface area contributed by atoms with Gasteiger partial charge in [-0.3, -0.25) is 0 Å². The quantitative estimate of drug-likeness (QED) is 0.821. The van der Waals surface area contributed by atoms with Gasteiger partial charge in [0.1, 0.15) is 5.82 Å². The molecule has 114 valence electrons. The molecule has 1 unspecified atom stereocenters. The summed E-state index contributed by atoms with van der Waals surface area (Å²) in [5.41, 5.74) is 2.29. The Labute approximate surface area is 126 Å². The molecule has 0 bridgehead atoms. The minimum atomic E-state index is 0.163. The van der Waals surface area contributed by atoms with Gasteiger partial charge in [0.2, 0.25) is 0 Å². The van der Waals surface area contributed by atoms with Crippen molar-refractivity contribution in [3.8, 4) is 0 Å². The predicted octanol–water partition coefficient (Wildman–Crippen LogP) is 3.18. The molecule has 0 radical (unpaired) electrons. The SMILES string of the molecule is COC(C)CNc1cc(CNC(C)C)c2ccccc2n1. The van der Waals surface area contributed by atoms with Crippen LogP contribution in [0.4, 0.5) is 5.82 Å². The third kappa shape index (κ3) is 4.41. The number of benzene rings is 1. The first-order chi connectivity index (χ1) is 10.1. The molecule has 1 atom stereocenters. The Morgan fingerprint density at radius 3 is 2.67 bits per heavy atom. The number of ether oxygens (including phenoxy) is 1. The first-order valence-corrected chi connectivity index (χ1v) is 7.49. The number of aromatic nitrogens is 1. The Hall–Kier alpha value is -1.65. The van der Waals surface area contributed by atoms with Crippen LogP contribution in [-0.4, -0.2) is 30.8 Å². The predicted molar refractivity (Wildman–Crippen MR) is 88.7 cm³/mol. The van der Waals surface area contributed by atoms with Crippen molar-refractivity contribution < 1.29 is 4.74 Å². The number of hydrogen-bond acceptors (Lipinski definition) is 4. The van der Waals surface area contributed by atoms with Crippen LogP contribution in [0.1, 0.15) is 26.3 Å². The molecule has 0 fully saturated rings. The van der Waals surface area contributed by atoms with E-state index in [1.807, 2.05) is 13.0 Å². The Morgan fingerprint density at radius 1 is 1.19 bits per heavy atom. The van der Waals surface area contributed by atoms with E-state index in [9.17, 15) is 0 Å². The van der Waals surface area contributed by atoms with Crippen molar-refractivity contribution in [1.82, 2.24) is 10.3 Å². The number of anilines is 1. The maximum atomic E-state index is 5.27. The van der Waals surface area contributed by atoms with E-state index in [0.717, 1.165) is 24.4 Å². The molecular weight excluding hydrogens is 262 g/mol. The first-order valence-electron chi connectivity index (χ1n) is 7.49. The van der Waals surface area contributed by atoms with Gasteiger partial charge in [-0.25, -0.2) is 4.98 Å². The van der Waals surface area contributed by atoms with Gasteiger partial charge < -0.3 is 15.4 Å². The average molecular weight is 287 g/mol. The molecular formula is C17H25N3O. The Bertz CT molecular complexity index is 583.